The number of carbonyl (C=O) groups excluding carboxylic acids is 3. The molecule has 2 N–H and O–H groups in total. The number of rotatable bonds is 7. The van der Waals surface area contributed by atoms with Crippen molar-refractivity contribution in [1.29, 1.82) is 0 Å². The molecule has 0 aromatic rings. The summed E-state index contributed by atoms with van der Waals surface area (Å²) in [4.78, 5) is 49.7. The number of carboxylic acid groups (broad SMARTS) is 1. The summed E-state index contributed by atoms with van der Waals surface area (Å²) in [7, 11) is 0. The average molecular weight is 399 g/mol. The molecule has 1 aliphatic carbocycles. The first-order valence-electron chi connectivity index (χ1n) is 9.81. The minimum Gasteiger partial charge on any atom is -0.480 e. The van der Waals surface area contributed by atoms with Crippen molar-refractivity contribution in [1.82, 2.24) is 10.2 Å². The van der Waals surface area contributed by atoms with Crippen LogP contribution < -0.4 is 5.32 Å². The van der Waals surface area contributed by atoms with Gasteiger partial charge in [-0.05, 0) is 32.6 Å². The van der Waals surface area contributed by atoms with E-state index in [1.54, 1.807) is 13.8 Å². The lowest BCUT2D eigenvalue weighted by Crippen LogP contribution is -2.44. The predicted octanol–water partition coefficient (Wildman–Crippen LogP) is 2.04. The molecule has 8 heteroatoms. The number of hydrogen-bond donors (Lipinski definition) is 2. The van der Waals surface area contributed by atoms with E-state index in [4.69, 9.17) is 0 Å². The summed E-state index contributed by atoms with van der Waals surface area (Å²) in [6.07, 6.45) is 6.21. The summed E-state index contributed by atoms with van der Waals surface area (Å²) in [6, 6.07) is -1.35. The molecule has 0 radical (unpaired) electrons. The number of hydrogen-bond acceptors (Lipinski definition) is 5. The van der Waals surface area contributed by atoms with Gasteiger partial charge in [-0.1, -0.05) is 37.9 Å². The number of aliphatic carboxylic acids is 1. The van der Waals surface area contributed by atoms with E-state index in [0.29, 0.717) is 19.4 Å². The molecular weight excluding hydrogens is 368 g/mol. The smallest absolute Gasteiger partial charge is 0.326 e. The highest BCUT2D eigenvalue weighted by Crippen LogP contribution is 2.24. The quantitative estimate of drug-likeness (QED) is 0.680. The van der Waals surface area contributed by atoms with Gasteiger partial charge in [0.25, 0.3) is 0 Å². The van der Waals surface area contributed by atoms with E-state index in [0.717, 1.165) is 37.4 Å². The largest absolute Gasteiger partial charge is 0.480 e. The van der Waals surface area contributed by atoms with E-state index in [2.05, 4.69) is 5.32 Å². The number of carbonyl (C=O) groups is 4. The summed E-state index contributed by atoms with van der Waals surface area (Å²) in [5.41, 5.74) is 0. The predicted molar refractivity (Wildman–Crippen MR) is 103 cm³/mol. The molecule has 1 aliphatic heterocycles. The fourth-order valence-electron chi connectivity index (χ4n) is 3.73. The van der Waals surface area contributed by atoms with Gasteiger partial charge in [0.05, 0.1) is 6.04 Å². The van der Waals surface area contributed by atoms with Crippen LogP contribution >= 0.6 is 11.8 Å². The maximum Gasteiger partial charge on any atom is 0.326 e. The van der Waals surface area contributed by atoms with Crippen LogP contribution in [0.5, 0.6) is 0 Å². The molecule has 0 spiro atoms. The number of likely N-dealkylation sites (tertiary alicyclic amines) is 1. The van der Waals surface area contributed by atoms with Crippen LogP contribution in [0.4, 0.5) is 0 Å². The zero-order valence-electron chi connectivity index (χ0n) is 16.1. The molecule has 2 aliphatic rings. The van der Waals surface area contributed by atoms with Gasteiger partial charge in [0.15, 0.2) is 0 Å². The molecule has 1 saturated carbocycles. The highest BCUT2D eigenvalue weighted by Gasteiger charge is 2.36. The Hall–Kier alpha value is -1.57. The Labute approximate surface area is 164 Å². The van der Waals surface area contributed by atoms with Gasteiger partial charge in [0.1, 0.15) is 6.04 Å². The summed E-state index contributed by atoms with van der Waals surface area (Å²) >= 11 is 1.03. The molecule has 27 heavy (non-hydrogen) atoms. The minimum absolute atomic E-state index is 0.00243. The molecule has 2 fully saturated rings. The lowest BCUT2D eigenvalue weighted by Gasteiger charge is -2.25. The van der Waals surface area contributed by atoms with Crippen LogP contribution in [-0.4, -0.2) is 57.3 Å². The first-order chi connectivity index (χ1) is 12.8. The molecule has 2 amide bonds. The van der Waals surface area contributed by atoms with Crippen LogP contribution in [0, 0.1) is 11.8 Å². The monoisotopic (exact) mass is 398 g/mol. The van der Waals surface area contributed by atoms with E-state index in [9.17, 15) is 24.3 Å². The molecule has 1 saturated heterocycles. The lowest BCUT2D eigenvalue weighted by atomic mass is 9.88. The van der Waals surface area contributed by atoms with Gasteiger partial charge in [0, 0.05) is 24.1 Å². The summed E-state index contributed by atoms with van der Waals surface area (Å²) in [6.45, 7) is 3.83. The second-order valence-corrected chi connectivity index (χ2v) is 8.65. The van der Waals surface area contributed by atoms with E-state index in [1.807, 2.05) is 0 Å². The van der Waals surface area contributed by atoms with Crippen LogP contribution in [0.25, 0.3) is 0 Å². The van der Waals surface area contributed by atoms with Crippen molar-refractivity contribution in [3.05, 3.63) is 0 Å². The van der Waals surface area contributed by atoms with E-state index >= 15 is 0 Å². The molecule has 7 nitrogen and oxygen atoms in total. The van der Waals surface area contributed by atoms with Crippen LogP contribution in [-0.2, 0) is 19.2 Å². The Kier molecular flexibility index (Phi) is 8.13. The fourth-order valence-corrected chi connectivity index (χ4v) is 4.59. The van der Waals surface area contributed by atoms with Crippen molar-refractivity contribution in [2.75, 3.05) is 12.3 Å². The Morgan fingerprint density at radius 3 is 2.37 bits per heavy atom. The second kappa shape index (κ2) is 10.1. The number of nitrogens with zero attached hydrogens (tertiary/aromatic N) is 1. The second-order valence-electron chi connectivity index (χ2n) is 7.62. The van der Waals surface area contributed by atoms with Gasteiger partial charge < -0.3 is 15.3 Å². The molecule has 3 atom stereocenters. The molecule has 1 heterocycles. The molecule has 2 rings (SSSR count). The summed E-state index contributed by atoms with van der Waals surface area (Å²) in [5, 5.41) is 11.8. The third-order valence-corrected chi connectivity index (χ3v) is 6.71. The van der Waals surface area contributed by atoms with Crippen LogP contribution in [0.15, 0.2) is 0 Å². The van der Waals surface area contributed by atoms with Gasteiger partial charge in [0.2, 0.25) is 16.9 Å². The zero-order valence-corrected chi connectivity index (χ0v) is 16.9. The van der Waals surface area contributed by atoms with Gasteiger partial charge in [-0.3, -0.25) is 14.4 Å². The van der Waals surface area contributed by atoms with Crippen molar-refractivity contribution >= 4 is 34.7 Å². The Morgan fingerprint density at radius 1 is 1.07 bits per heavy atom. The Balaban J connectivity index is 1.77. The molecule has 0 aromatic heterocycles. The maximum atomic E-state index is 12.5. The van der Waals surface area contributed by atoms with Gasteiger partial charge >= 0.3 is 5.97 Å². The molecule has 152 valence electrons. The van der Waals surface area contributed by atoms with Crippen LogP contribution in [0.3, 0.4) is 0 Å². The SMILES string of the molecule is C[C@H](NC(=O)C1CCCCC1)C(=O)SC[C@H](C)C(=O)N1CCC[C@@H]1C(=O)O. The fraction of sp³-hybridized carbons (Fsp3) is 0.789. The standard InChI is InChI=1S/C19H30N2O5S/c1-12(17(23)21-10-6-9-15(21)18(24)25)11-27-19(26)13(2)20-16(22)14-7-4-3-5-8-14/h12-15H,3-11H2,1-2H3,(H,20,22)(H,24,25)/t12-,13-,15+/m0/s1. The average Bonchev–Trinajstić information content (AvgIpc) is 3.15. The lowest BCUT2D eigenvalue weighted by molar-refractivity contribution is -0.149. The van der Waals surface area contributed by atoms with Crippen LogP contribution in [0.1, 0.15) is 58.8 Å². The third kappa shape index (κ3) is 5.96. The summed E-state index contributed by atoms with van der Waals surface area (Å²) < 4.78 is 0. The van der Waals surface area contributed by atoms with Crippen LogP contribution in [0.2, 0.25) is 0 Å². The topological polar surface area (TPSA) is 104 Å². The zero-order chi connectivity index (χ0) is 20.0. The van der Waals surface area contributed by atoms with Crippen molar-refractivity contribution in [3.63, 3.8) is 0 Å². The Bertz CT molecular complexity index is 576. The number of nitrogens with one attached hydrogen (secondary N) is 1. The highest BCUT2D eigenvalue weighted by molar-refractivity contribution is 8.13. The minimum atomic E-state index is -0.976. The van der Waals surface area contributed by atoms with Crippen molar-refractivity contribution in [3.8, 4) is 0 Å². The number of carboxylic acids is 1. The normalized spacial score (nSPS) is 22.9. The number of thioether (sulfide) groups is 1. The van der Waals surface area contributed by atoms with E-state index in [-0.39, 0.29) is 28.6 Å². The van der Waals surface area contributed by atoms with Gasteiger partial charge in [-0.15, -0.1) is 0 Å². The molecular formula is C19H30N2O5S. The number of amides is 2. The van der Waals surface area contributed by atoms with Gasteiger partial charge in [-0.2, -0.15) is 0 Å². The first kappa shape index (κ1) is 21.7. The Morgan fingerprint density at radius 2 is 1.74 bits per heavy atom. The molecule has 0 unspecified atom stereocenters. The molecule has 0 bridgehead atoms. The highest BCUT2D eigenvalue weighted by atomic mass is 32.2. The van der Waals surface area contributed by atoms with Gasteiger partial charge in [-0.25, -0.2) is 4.79 Å². The van der Waals surface area contributed by atoms with E-state index in [1.165, 1.54) is 11.3 Å². The maximum absolute atomic E-state index is 12.5. The van der Waals surface area contributed by atoms with Crippen molar-refractivity contribution < 1.29 is 24.3 Å². The van der Waals surface area contributed by atoms with E-state index < -0.39 is 24.0 Å². The molecule has 0 aromatic carbocycles. The van der Waals surface area contributed by atoms with Crippen molar-refractivity contribution in [2.24, 2.45) is 11.8 Å². The third-order valence-electron chi connectivity index (χ3n) is 5.41. The first-order valence-corrected chi connectivity index (χ1v) is 10.8. The van der Waals surface area contributed by atoms with Crippen molar-refractivity contribution in [2.45, 2.75) is 70.9 Å². The summed E-state index contributed by atoms with van der Waals surface area (Å²) in [5.74, 6) is -1.41.